The topological polar surface area (TPSA) is 124 Å². The van der Waals surface area contributed by atoms with Gasteiger partial charge in [-0.1, -0.05) is 23.2 Å². The van der Waals surface area contributed by atoms with E-state index in [0.29, 0.717) is 48.9 Å². The van der Waals surface area contributed by atoms with Crippen LogP contribution in [-0.4, -0.2) is 81.6 Å². The number of nitrogens with two attached hydrogens (primary N) is 1. The van der Waals surface area contributed by atoms with E-state index in [1.807, 2.05) is 4.90 Å². The third-order valence-corrected chi connectivity index (χ3v) is 10.9. The Hall–Kier alpha value is -3.44. The average molecular weight is 744 g/mol. The van der Waals surface area contributed by atoms with E-state index in [1.165, 1.54) is 14.2 Å². The van der Waals surface area contributed by atoms with Crippen molar-refractivity contribution >= 4 is 40.6 Å². The highest BCUT2D eigenvalue weighted by Crippen LogP contribution is 2.46. The predicted molar refractivity (Wildman–Crippen MR) is 174 cm³/mol. The van der Waals surface area contributed by atoms with Crippen LogP contribution in [0.4, 0.5) is 29.1 Å². The third kappa shape index (κ3) is 6.12. The van der Waals surface area contributed by atoms with Crippen LogP contribution in [0.5, 0.6) is 6.01 Å². The van der Waals surface area contributed by atoms with E-state index in [2.05, 4.69) is 15.0 Å². The van der Waals surface area contributed by atoms with Gasteiger partial charge in [-0.15, -0.1) is 0 Å². The number of ether oxygens (including phenoxy) is 2. The van der Waals surface area contributed by atoms with Crippen molar-refractivity contribution in [1.82, 2.24) is 29.7 Å². The summed E-state index contributed by atoms with van der Waals surface area (Å²) in [6, 6.07) is 0.804. The Morgan fingerprint density at radius 2 is 1.90 bits per heavy atom. The molecule has 7 rings (SSSR count). The monoisotopic (exact) mass is 742 g/mol. The minimum atomic E-state index is -4.98. The number of carbonyl (C=O) groups excluding carboxylic acids is 1. The lowest BCUT2D eigenvalue weighted by molar-refractivity contribution is -0.140. The van der Waals surface area contributed by atoms with E-state index in [1.54, 1.807) is 4.68 Å². The molecular weight excluding hydrogens is 707 g/mol. The fourth-order valence-corrected chi connectivity index (χ4v) is 8.29. The Kier molecular flexibility index (Phi) is 9.29. The average Bonchev–Trinajstić information content (AvgIpc) is 3.70. The second kappa shape index (κ2) is 13.3. The number of rotatable bonds is 7. The van der Waals surface area contributed by atoms with Gasteiger partial charge < -0.3 is 20.1 Å². The van der Waals surface area contributed by atoms with Gasteiger partial charge in [-0.05, 0) is 51.3 Å². The van der Waals surface area contributed by atoms with Crippen molar-refractivity contribution in [2.75, 3.05) is 51.0 Å². The molecule has 0 radical (unpaired) electrons. The van der Waals surface area contributed by atoms with E-state index in [9.17, 15) is 18.0 Å². The summed E-state index contributed by atoms with van der Waals surface area (Å²) >= 11 is 12.7. The lowest BCUT2D eigenvalue weighted by atomic mass is 9.93. The zero-order valence-corrected chi connectivity index (χ0v) is 29.0. The van der Waals surface area contributed by atoms with E-state index in [0.717, 1.165) is 49.9 Å². The molecule has 2 N–H and O–H groups in total. The van der Waals surface area contributed by atoms with Gasteiger partial charge in [0.25, 0.3) is 5.91 Å². The molecule has 0 saturated carbocycles. The van der Waals surface area contributed by atoms with Crippen LogP contribution in [0, 0.1) is 5.82 Å². The zero-order chi connectivity index (χ0) is 35.5. The van der Waals surface area contributed by atoms with Crippen molar-refractivity contribution < 1.29 is 36.7 Å². The SMILES string of the molecule is CON(C)C(=O)c1nn2c(c1Cl)CN(c1nc(OCC34CCCN3CCC4)nc3c1COC(c1c(F)c(N)cc(Cl)c1C(F)(F)F)C3)CCC2. The number of nitrogens with zero attached hydrogens (tertiary/aromatic N) is 7. The van der Waals surface area contributed by atoms with Crippen molar-refractivity contribution in [1.29, 1.82) is 0 Å². The van der Waals surface area contributed by atoms with Gasteiger partial charge in [0.2, 0.25) is 0 Å². The molecule has 3 aromatic rings. The highest BCUT2D eigenvalue weighted by atomic mass is 35.5. The molecule has 1 atom stereocenters. The third-order valence-electron chi connectivity index (χ3n) is 10.2. The molecule has 270 valence electrons. The second-order valence-electron chi connectivity index (χ2n) is 13.1. The first-order chi connectivity index (χ1) is 23.8. The molecule has 2 aromatic heterocycles. The first-order valence-electron chi connectivity index (χ1n) is 16.4. The molecule has 0 bridgehead atoms. The van der Waals surface area contributed by atoms with Crippen LogP contribution in [-0.2, 0) is 41.9 Å². The van der Waals surface area contributed by atoms with Gasteiger partial charge in [0, 0.05) is 37.7 Å². The van der Waals surface area contributed by atoms with Gasteiger partial charge in [0.15, 0.2) is 11.5 Å². The molecule has 1 aromatic carbocycles. The fraction of sp³-hybridized carbons (Fsp3) is 0.562. The summed E-state index contributed by atoms with van der Waals surface area (Å²) in [4.78, 5) is 31.8. The lowest BCUT2D eigenvalue weighted by Crippen LogP contribution is -2.43. The minimum Gasteiger partial charge on any atom is -0.461 e. The lowest BCUT2D eigenvalue weighted by Gasteiger charge is -2.33. The van der Waals surface area contributed by atoms with Gasteiger partial charge in [-0.3, -0.25) is 19.2 Å². The van der Waals surface area contributed by atoms with Crippen molar-refractivity contribution in [2.24, 2.45) is 0 Å². The van der Waals surface area contributed by atoms with Gasteiger partial charge in [-0.2, -0.15) is 28.2 Å². The van der Waals surface area contributed by atoms with Crippen LogP contribution < -0.4 is 15.4 Å². The van der Waals surface area contributed by atoms with Crippen molar-refractivity contribution in [2.45, 2.75) is 76.0 Å². The number of carbonyl (C=O) groups is 1. The maximum absolute atomic E-state index is 15.5. The Balaban J connectivity index is 1.28. The number of hydroxylamine groups is 2. The van der Waals surface area contributed by atoms with Crippen LogP contribution >= 0.6 is 23.2 Å². The first-order valence-corrected chi connectivity index (χ1v) is 17.1. The molecule has 1 unspecified atom stereocenters. The largest absolute Gasteiger partial charge is 0.461 e. The molecule has 50 heavy (non-hydrogen) atoms. The minimum absolute atomic E-state index is 0.0352. The van der Waals surface area contributed by atoms with Crippen molar-refractivity contribution in [3.8, 4) is 6.01 Å². The van der Waals surface area contributed by atoms with Gasteiger partial charge in [-0.25, -0.2) is 9.45 Å². The van der Waals surface area contributed by atoms with Crippen molar-refractivity contribution in [3.05, 3.63) is 55.7 Å². The Morgan fingerprint density at radius 1 is 1.16 bits per heavy atom. The van der Waals surface area contributed by atoms with Gasteiger partial charge in [0.1, 0.15) is 12.4 Å². The van der Waals surface area contributed by atoms with E-state index >= 15 is 4.39 Å². The number of hydrogen-bond acceptors (Lipinski definition) is 10. The van der Waals surface area contributed by atoms with Crippen LogP contribution in [0.25, 0.3) is 0 Å². The second-order valence-corrected chi connectivity index (χ2v) is 13.9. The maximum Gasteiger partial charge on any atom is 0.418 e. The quantitative estimate of drug-likeness (QED) is 0.186. The van der Waals surface area contributed by atoms with Crippen LogP contribution in [0.3, 0.4) is 0 Å². The summed E-state index contributed by atoms with van der Waals surface area (Å²) in [6.45, 7) is 3.23. The summed E-state index contributed by atoms with van der Waals surface area (Å²) in [5.41, 5.74) is 4.44. The molecule has 4 aliphatic heterocycles. The summed E-state index contributed by atoms with van der Waals surface area (Å²) < 4.78 is 72.2. The normalized spacial score (nSPS) is 20.3. The molecule has 0 spiro atoms. The summed E-state index contributed by atoms with van der Waals surface area (Å²) in [7, 11) is 2.81. The van der Waals surface area contributed by atoms with Crippen LogP contribution in [0.2, 0.25) is 10.0 Å². The standard InChI is InChI=1S/C32H36Cl2F4N8O4/c1-43(48-2)29(47)27-25(34)21-14-44(8-5-11-46(21)42-27)28-17-15-49-22(23-24(32(36,37)38)18(33)12-19(39)26(23)35)13-20(17)40-30(41-28)50-16-31-6-3-9-45(31)10-4-7-31/h12,22H,3-11,13-16,39H2,1-2H3. The molecule has 12 nitrogen and oxygen atoms in total. The number of aryl methyl sites for hydroxylation is 1. The highest BCUT2D eigenvalue weighted by molar-refractivity contribution is 6.34. The smallest absolute Gasteiger partial charge is 0.418 e. The molecule has 2 saturated heterocycles. The molecule has 1 amide bonds. The number of alkyl halides is 3. The molecule has 6 heterocycles. The summed E-state index contributed by atoms with van der Waals surface area (Å²) in [6.07, 6.45) is -1.95. The van der Waals surface area contributed by atoms with E-state index < -0.39 is 45.8 Å². The number of fused-ring (bicyclic) bond motifs is 3. The highest BCUT2D eigenvalue weighted by Gasteiger charge is 2.46. The number of anilines is 2. The Labute approximate surface area is 295 Å². The number of halogens is 6. The van der Waals surface area contributed by atoms with Crippen molar-refractivity contribution in [3.63, 3.8) is 0 Å². The zero-order valence-electron chi connectivity index (χ0n) is 27.5. The predicted octanol–water partition coefficient (Wildman–Crippen LogP) is 5.58. The molecule has 4 aliphatic rings. The summed E-state index contributed by atoms with van der Waals surface area (Å²) in [5.74, 6) is -1.33. The number of hydrogen-bond donors (Lipinski definition) is 1. The fourth-order valence-electron chi connectivity index (χ4n) is 7.69. The Morgan fingerprint density at radius 3 is 2.60 bits per heavy atom. The Bertz CT molecular complexity index is 1820. The number of amides is 1. The first kappa shape index (κ1) is 35.0. The number of aromatic nitrogens is 4. The molecule has 0 aliphatic carbocycles. The van der Waals surface area contributed by atoms with Gasteiger partial charge >= 0.3 is 12.2 Å². The van der Waals surface area contributed by atoms with E-state index in [4.69, 9.17) is 48.2 Å². The van der Waals surface area contributed by atoms with E-state index in [-0.39, 0.29) is 41.8 Å². The molecule has 2 fully saturated rings. The molecular formula is C32H36Cl2F4N8O4. The summed E-state index contributed by atoms with van der Waals surface area (Å²) in [5, 5.41) is 4.93. The van der Waals surface area contributed by atoms with Crippen LogP contribution in [0.15, 0.2) is 6.07 Å². The molecule has 18 heteroatoms. The van der Waals surface area contributed by atoms with Crippen LogP contribution in [0.1, 0.15) is 76.8 Å². The van der Waals surface area contributed by atoms with Gasteiger partial charge in [0.05, 0.1) is 64.6 Å². The maximum atomic E-state index is 15.5. The number of nitrogen functional groups attached to an aromatic ring is 1. The number of benzene rings is 1.